The summed E-state index contributed by atoms with van der Waals surface area (Å²) in [5.74, 6) is 0.372. The average Bonchev–Trinajstić information content (AvgIpc) is 4.02. The normalized spacial score (nSPS) is 19.5. The van der Waals surface area contributed by atoms with Crippen molar-refractivity contribution in [3.05, 3.63) is 103 Å². The zero-order valence-electron chi connectivity index (χ0n) is 48.2. The van der Waals surface area contributed by atoms with Gasteiger partial charge in [-0.3, -0.25) is 27.4 Å². The van der Waals surface area contributed by atoms with Crippen LogP contribution in [-0.2, 0) is 55.5 Å². The number of rotatable bonds is 18. The molecule has 0 saturated heterocycles. The second-order valence-corrected chi connectivity index (χ2v) is 26.1. The topological polar surface area (TPSA) is 263 Å². The monoisotopic (exact) mass is 1090 g/mol. The molecule has 18 heteroatoms. The van der Waals surface area contributed by atoms with Gasteiger partial charge in [-0.05, 0) is 143 Å². The van der Waals surface area contributed by atoms with Crippen LogP contribution in [0.3, 0.4) is 0 Å². The Labute approximate surface area is 457 Å². The van der Waals surface area contributed by atoms with Crippen LogP contribution in [0.1, 0.15) is 151 Å². The molecule has 9 rings (SSSR count). The van der Waals surface area contributed by atoms with E-state index in [4.69, 9.17) is 5.11 Å². The van der Waals surface area contributed by atoms with E-state index in [1.165, 1.54) is 35.5 Å². The molecule has 18 nitrogen and oxygen atoms in total. The molecule has 6 heterocycles. The van der Waals surface area contributed by atoms with Crippen molar-refractivity contribution >= 4 is 33.1 Å². The summed E-state index contributed by atoms with van der Waals surface area (Å²) in [4.78, 5) is 38.6. The van der Waals surface area contributed by atoms with E-state index in [0.29, 0.717) is 32.0 Å². The molecule has 0 spiro atoms. The molecular formula is C60H90N6O12. The van der Waals surface area contributed by atoms with Crippen LogP contribution in [0.2, 0.25) is 0 Å². The van der Waals surface area contributed by atoms with Crippen LogP contribution in [0.4, 0.5) is 0 Å². The van der Waals surface area contributed by atoms with Crippen molar-refractivity contribution in [3.63, 3.8) is 0 Å². The third-order valence-electron chi connectivity index (χ3n) is 17.6. The van der Waals surface area contributed by atoms with Crippen molar-refractivity contribution in [2.45, 2.75) is 237 Å². The minimum atomic E-state index is -1.52. The van der Waals surface area contributed by atoms with Gasteiger partial charge in [-0.15, -0.1) is 0 Å². The van der Waals surface area contributed by atoms with Crippen LogP contribution >= 0.6 is 0 Å². The van der Waals surface area contributed by atoms with Gasteiger partial charge in [0, 0.05) is 26.2 Å². The van der Waals surface area contributed by atoms with Crippen molar-refractivity contribution in [2.24, 2.45) is 5.92 Å². The maximum Gasteiger partial charge on any atom is 0.329 e. The molecule has 4 unspecified atom stereocenters. The van der Waals surface area contributed by atoms with Gasteiger partial charge >= 0.3 is 17.1 Å². The number of hydrogen-bond donors (Lipinski definition) is 9. The van der Waals surface area contributed by atoms with Crippen molar-refractivity contribution < 1.29 is 46.0 Å². The fraction of sp³-hybridized carbons (Fsp3) is 0.650. The van der Waals surface area contributed by atoms with Gasteiger partial charge in [-0.1, -0.05) is 84.9 Å². The average molecular weight is 1090 g/mol. The van der Waals surface area contributed by atoms with Crippen LogP contribution in [0.5, 0.6) is 0 Å². The highest BCUT2D eigenvalue weighted by Gasteiger charge is 2.38. The fourth-order valence-electron chi connectivity index (χ4n) is 11.6. The van der Waals surface area contributed by atoms with Gasteiger partial charge in [0.05, 0.1) is 81.8 Å². The largest absolute Gasteiger partial charge is 0.394 e. The Balaban J connectivity index is 0.000000171. The zero-order chi connectivity index (χ0) is 57.8. The lowest BCUT2D eigenvalue weighted by Crippen LogP contribution is -2.45. The number of aromatic nitrogens is 6. The third-order valence-corrected chi connectivity index (χ3v) is 17.6. The summed E-state index contributed by atoms with van der Waals surface area (Å²) in [6.07, 6.45) is -0.167. The number of nitrogens with zero attached hydrogens (tertiary/aromatic N) is 6. The van der Waals surface area contributed by atoms with Gasteiger partial charge in [0.1, 0.15) is 18.3 Å². The van der Waals surface area contributed by atoms with E-state index < -0.39 is 53.9 Å². The summed E-state index contributed by atoms with van der Waals surface area (Å²) >= 11 is 0. The molecule has 3 aliphatic rings. The molecule has 432 valence electrons. The first-order valence-corrected chi connectivity index (χ1v) is 28.0. The van der Waals surface area contributed by atoms with E-state index in [2.05, 4.69) is 66.7 Å². The Bertz CT molecular complexity index is 3260. The Hall–Kier alpha value is -4.89. The second-order valence-electron chi connectivity index (χ2n) is 26.1. The number of aliphatic hydroxyl groups excluding tert-OH is 6. The third kappa shape index (κ3) is 12.2. The summed E-state index contributed by atoms with van der Waals surface area (Å²) in [5.41, 5.74) is 4.91. The first-order valence-electron chi connectivity index (χ1n) is 28.0. The quantitative estimate of drug-likeness (QED) is 0.0543. The minimum absolute atomic E-state index is 0.00135. The van der Waals surface area contributed by atoms with Gasteiger partial charge in [0.2, 0.25) is 0 Å². The molecular weight excluding hydrogens is 997 g/mol. The van der Waals surface area contributed by atoms with Crippen LogP contribution in [0.25, 0.3) is 33.1 Å². The van der Waals surface area contributed by atoms with Gasteiger partial charge in [0.25, 0.3) is 0 Å². The van der Waals surface area contributed by atoms with E-state index in [1.807, 2.05) is 45.5 Å². The van der Waals surface area contributed by atoms with Crippen LogP contribution < -0.4 is 17.1 Å². The summed E-state index contributed by atoms with van der Waals surface area (Å²) in [6.45, 7) is 25.2. The molecule has 3 aromatic heterocycles. The van der Waals surface area contributed by atoms with E-state index in [9.17, 15) is 55.2 Å². The maximum absolute atomic E-state index is 13.0. The lowest BCUT2D eigenvalue weighted by Gasteiger charge is -2.32. The summed E-state index contributed by atoms with van der Waals surface area (Å²) in [6, 6.07) is 17.9. The first kappa shape index (κ1) is 60.7. The number of aliphatic hydroxyl groups is 9. The minimum Gasteiger partial charge on any atom is -0.394 e. The van der Waals surface area contributed by atoms with E-state index in [0.717, 1.165) is 82.9 Å². The molecule has 78 heavy (non-hydrogen) atoms. The standard InChI is InChI=1S/C22H34N2O5.C22H34N2O3.C16H22N2O4/c1-20(2)11-12-23-18-14(20)7-6-8-15(18)24(19(23)27)13-17(26)22(5,29)10-9-16(25)21(3,4)28;1-15(9-10-18(25)22(4,5)27)11-13-23-17-8-6-7-16-19(17)24(20(23)26)14-12-21(16,2)3;1-16(2)6-7-17-14-10(16)4-3-5-11(14)18(15(17)22)8-12(20)13(21)9-19/h6-8,16-17,25-26,28-29H,9-13H2,1-5H3;6-8,15,18,25,27H,9-14H2,1-5H3;3-5,12-13,19-21H,6-9H2,1-2H3/t;15-,18?;12-,13-/m.11/s1. The molecule has 3 aliphatic heterocycles. The Kier molecular flexibility index (Phi) is 17.6. The highest BCUT2D eigenvalue weighted by Crippen LogP contribution is 2.40. The second kappa shape index (κ2) is 22.6. The summed E-state index contributed by atoms with van der Waals surface area (Å²) in [7, 11) is 0. The Morgan fingerprint density at radius 3 is 1.27 bits per heavy atom. The highest BCUT2D eigenvalue weighted by molar-refractivity contribution is 5.83. The molecule has 6 aromatic rings. The van der Waals surface area contributed by atoms with Crippen LogP contribution in [-0.4, -0.2) is 127 Å². The number of para-hydroxylation sites is 3. The van der Waals surface area contributed by atoms with E-state index in [1.54, 1.807) is 23.0 Å². The number of aryl methyl sites for hydroxylation is 4. The lowest BCUT2D eigenvalue weighted by atomic mass is 9.79. The van der Waals surface area contributed by atoms with Gasteiger partial charge in [-0.25, -0.2) is 14.4 Å². The van der Waals surface area contributed by atoms with E-state index >= 15 is 0 Å². The Morgan fingerprint density at radius 2 is 0.872 bits per heavy atom. The molecule has 3 aromatic carbocycles. The molecule has 0 saturated carbocycles. The van der Waals surface area contributed by atoms with Crippen molar-refractivity contribution in [3.8, 4) is 0 Å². The number of imidazole rings is 3. The predicted molar refractivity (Wildman–Crippen MR) is 304 cm³/mol. The molecule has 9 N–H and O–H groups in total. The highest BCUT2D eigenvalue weighted by atomic mass is 16.4. The Morgan fingerprint density at radius 1 is 0.500 bits per heavy atom. The molecule has 7 atom stereocenters. The van der Waals surface area contributed by atoms with Gasteiger partial charge < -0.3 is 46.0 Å². The van der Waals surface area contributed by atoms with Gasteiger partial charge in [-0.2, -0.15) is 0 Å². The SMILES string of the molecule is CC1(C)CCn2c(=O)n(CC(O)C(C)(O)CCC(O)C(C)(C)O)c3cccc1c32.CC1(C)CCn2c(=O)n(C[C@@H](O)[C@H](O)CO)c3cccc1c32.C[C@H](CCC(O)C(C)(C)O)CCn1c(=O)n2c3c(cccc31)C(C)(C)CC2. The molecule has 0 aliphatic carbocycles. The summed E-state index contributed by atoms with van der Waals surface area (Å²) in [5, 5.41) is 89.7. The van der Waals surface area contributed by atoms with E-state index in [-0.39, 0.29) is 59.2 Å². The van der Waals surface area contributed by atoms with Crippen molar-refractivity contribution in [2.75, 3.05) is 6.61 Å². The van der Waals surface area contributed by atoms with Crippen LogP contribution in [0, 0.1) is 5.92 Å². The molecule has 0 fully saturated rings. The predicted octanol–water partition coefficient (Wildman–Crippen LogP) is 5.13. The van der Waals surface area contributed by atoms with Crippen LogP contribution in [0.15, 0.2) is 69.0 Å². The first-order chi connectivity index (χ1) is 36.1. The zero-order valence-corrected chi connectivity index (χ0v) is 48.2. The molecule has 0 radical (unpaired) electrons. The molecule has 0 amide bonds. The summed E-state index contributed by atoms with van der Waals surface area (Å²) < 4.78 is 10.4. The number of benzene rings is 3. The molecule has 0 bridgehead atoms. The number of hydrogen-bond acceptors (Lipinski definition) is 12. The van der Waals surface area contributed by atoms with Crippen molar-refractivity contribution in [1.29, 1.82) is 0 Å². The fourth-order valence-corrected chi connectivity index (χ4v) is 11.6. The van der Waals surface area contributed by atoms with Crippen molar-refractivity contribution in [1.82, 2.24) is 27.4 Å². The van der Waals surface area contributed by atoms with Gasteiger partial charge in [0.15, 0.2) is 0 Å². The lowest BCUT2D eigenvalue weighted by molar-refractivity contribution is -0.0968. The maximum atomic E-state index is 13.0. The smallest absolute Gasteiger partial charge is 0.329 e.